The highest BCUT2D eigenvalue weighted by molar-refractivity contribution is 9.10. The molecule has 0 aliphatic heterocycles. The van der Waals surface area contributed by atoms with Crippen LogP contribution in [0.2, 0.25) is 0 Å². The largest absolute Gasteiger partial charge is 0.305 e. The number of rotatable bonds is 5. The van der Waals surface area contributed by atoms with E-state index in [9.17, 15) is 0 Å². The highest BCUT2D eigenvalue weighted by atomic mass is 79.9. The zero-order valence-electron chi connectivity index (χ0n) is 10.7. The predicted molar refractivity (Wildman–Crippen MR) is 83.0 cm³/mol. The minimum atomic E-state index is 0.348. The molecule has 1 atom stereocenters. The molecule has 1 N–H and O–H groups in total. The first-order valence-corrected chi connectivity index (χ1v) is 7.81. The van der Waals surface area contributed by atoms with Gasteiger partial charge in [0.1, 0.15) is 10.9 Å². The normalized spacial score (nSPS) is 12.1. The van der Waals surface area contributed by atoms with Crippen LogP contribution >= 0.6 is 27.3 Å². The third-order valence-electron chi connectivity index (χ3n) is 2.98. The molecule has 1 heterocycles. The van der Waals surface area contributed by atoms with E-state index in [1.807, 2.05) is 12.1 Å². The van der Waals surface area contributed by atoms with E-state index in [2.05, 4.69) is 58.5 Å². The molecule has 1 aromatic heterocycles. The van der Waals surface area contributed by atoms with Crippen molar-refractivity contribution in [3.63, 3.8) is 0 Å². The van der Waals surface area contributed by atoms with Crippen LogP contribution in [0.25, 0.3) is 0 Å². The minimum Gasteiger partial charge on any atom is -0.305 e. The first-order chi connectivity index (χ1) is 9.22. The fourth-order valence-electron chi connectivity index (χ4n) is 1.95. The smallest absolute Gasteiger partial charge is 0.110 e. The topological polar surface area (TPSA) is 35.8 Å². The molecule has 0 amide bonds. The van der Waals surface area contributed by atoms with Gasteiger partial charge in [0.25, 0.3) is 0 Å². The summed E-state index contributed by atoms with van der Waals surface area (Å²) in [5.74, 6) is 0. The van der Waals surface area contributed by atoms with Crippen LogP contribution in [0.3, 0.4) is 0 Å². The summed E-state index contributed by atoms with van der Waals surface area (Å²) in [7, 11) is 0. The van der Waals surface area contributed by atoms with Crippen molar-refractivity contribution in [1.82, 2.24) is 5.32 Å². The van der Waals surface area contributed by atoms with Gasteiger partial charge < -0.3 is 5.32 Å². The zero-order valence-corrected chi connectivity index (χ0v) is 13.1. The van der Waals surface area contributed by atoms with Gasteiger partial charge in [0.15, 0.2) is 0 Å². The third kappa shape index (κ3) is 3.90. The van der Waals surface area contributed by atoms with E-state index >= 15 is 0 Å². The molecule has 98 valence electrons. The molecule has 19 heavy (non-hydrogen) atoms. The van der Waals surface area contributed by atoms with Crippen molar-refractivity contribution in [3.05, 3.63) is 56.2 Å². The molecule has 0 bridgehead atoms. The van der Waals surface area contributed by atoms with E-state index in [4.69, 9.17) is 5.26 Å². The van der Waals surface area contributed by atoms with Gasteiger partial charge in [-0.2, -0.15) is 5.26 Å². The van der Waals surface area contributed by atoms with Gasteiger partial charge in [-0.15, -0.1) is 11.3 Å². The first kappa shape index (κ1) is 14.3. The van der Waals surface area contributed by atoms with Crippen LogP contribution in [0.15, 0.2) is 40.9 Å². The zero-order chi connectivity index (χ0) is 13.7. The molecule has 2 nitrogen and oxygen atoms in total. The number of benzene rings is 1. The lowest BCUT2D eigenvalue weighted by atomic mass is 10.0. The number of halogens is 1. The molecular weight excluding hydrogens is 320 g/mol. The average Bonchev–Trinajstić information content (AvgIpc) is 2.89. The molecule has 0 saturated heterocycles. The number of nitrogens with one attached hydrogen (secondary N) is 1. The van der Waals surface area contributed by atoms with Crippen LogP contribution in [0, 0.1) is 11.3 Å². The standard InChI is InChI=1S/C15H15BrN2S/c1-2-15(11-3-5-12(16)6-4-11)18-10-14-8-7-13(9-17)19-14/h3-8,15,18H,2,10H2,1H3. The van der Waals surface area contributed by atoms with Crippen molar-refractivity contribution in [1.29, 1.82) is 5.26 Å². The van der Waals surface area contributed by atoms with Crippen molar-refractivity contribution in [2.75, 3.05) is 0 Å². The van der Waals surface area contributed by atoms with Crippen molar-refractivity contribution in [2.45, 2.75) is 25.9 Å². The Morgan fingerprint density at radius 2 is 2.00 bits per heavy atom. The Hall–Kier alpha value is -1.15. The van der Waals surface area contributed by atoms with Gasteiger partial charge in [0.05, 0.1) is 0 Å². The van der Waals surface area contributed by atoms with E-state index in [1.54, 1.807) is 11.3 Å². The molecule has 0 fully saturated rings. The summed E-state index contributed by atoms with van der Waals surface area (Å²) in [5, 5.41) is 12.4. The van der Waals surface area contributed by atoms with Crippen LogP contribution < -0.4 is 5.32 Å². The summed E-state index contributed by atoms with van der Waals surface area (Å²) in [6.45, 7) is 2.98. The fourth-order valence-corrected chi connectivity index (χ4v) is 2.97. The van der Waals surface area contributed by atoms with Crippen molar-refractivity contribution >= 4 is 27.3 Å². The van der Waals surface area contributed by atoms with Gasteiger partial charge in [-0.1, -0.05) is 35.0 Å². The Morgan fingerprint density at radius 1 is 1.26 bits per heavy atom. The molecular formula is C15H15BrN2S. The van der Waals surface area contributed by atoms with Crippen LogP contribution in [-0.4, -0.2) is 0 Å². The Kier molecular flexibility index (Phi) is 5.15. The summed E-state index contributed by atoms with van der Waals surface area (Å²) in [6.07, 6.45) is 1.04. The maximum absolute atomic E-state index is 8.81. The molecule has 0 aliphatic carbocycles. The molecule has 0 saturated carbocycles. The molecule has 0 radical (unpaired) electrons. The molecule has 2 rings (SSSR count). The number of nitrogens with zero attached hydrogens (tertiary/aromatic N) is 1. The van der Waals surface area contributed by atoms with E-state index in [0.29, 0.717) is 6.04 Å². The maximum atomic E-state index is 8.81. The second-order valence-corrected chi connectivity index (χ2v) is 6.36. The highest BCUT2D eigenvalue weighted by Crippen LogP contribution is 2.21. The van der Waals surface area contributed by atoms with Crippen LogP contribution in [0.1, 0.15) is 34.7 Å². The van der Waals surface area contributed by atoms with E-state index < -0.39 is 0 Å². The molecule has 0 aliphatic rings. The van der Waals surface area contributed by atoms with E-state index in [-0.39, 0.29) is 0 Å². The Labute approximate surface area is 126 Å². The van der Waals surface area contributed by atoms with Crippen molar-refractivity contribution < 1.29 is 0 Å². The Bertz CT molecular complexity index is 569. The number of hydrogen-bond donors (Lipinski definition) is 1. The monoisotopic (exact) mass is 334 g/mol. The number of thiophene rings is 1. The van der Waals surface area contributed by atoms with Gasteiger partial charge >= 0.3 is 0 Å². The Balaban J connectivity index is 1.99. The number of nitriles is 1. The molecule has 1 unspecified atom stereocenters. The highest BCUT2D eigenvalue weighted by Gasteiger charge is 2.09. The van der Waals surface area contributed by atoms with Gasteiger partial charge in [-0.3, -0.25) is 0 Å². The van der Waals surface area contributed by atoms with Crippen LogP contribution in [0.4, 0.5) is 0 Å². The molecule has 2 aromatic rings. The first-order valence-electron chi connectivity index (χ1n) is 6.20. The second-order valence-electron chi connectivity index (χ2n) is 4.27. The maximum Gasteiger partial charge on any atom is 0.110 e. The number of hydrogen-bond acceptors (Lipinski definition) is 3. The summed E-state index contributed by atoms with van der Waals surface area (Å²) in [4.78, 5) is 1.97. The van der Waals surface area contributed by atoms with Crippen molar-refractivity contribution in [2.24, 2.45) is 0 Å². The minimum absolute atomic E-state index is 0.348. The Morgan fingerprint density at radius 3 is 2.58 bits per heavy atom. The third-order valence-corrected chi connectivity index (χ3v) is 4.49. The quantitative estimate of drug-likeness (QED) is 0.865. The lowest BCUT2D eigenvalue weighted by Gasteiger charge is -2.17. The van der Waals surface area contributed by atoms with Crippen LogP contribution in [0.5, 0.6) is 0 Å². The summed E-state index contributed by atoms with van der Waals surface area (Å²) < 4.78 is 1.10. The molecule has 4 heteroatoms. The fraction of sp³-hybridized carbons (Fsp3) is 0.267. The lowest BCUT2D eigenvalue weighted by molar-refractivity contribution is 0.522. The van der Waals surface area contributed by atoms with Gasteiger partial charge in [0, 0.05) is 21.9 Å². The lowest BCUT2D eigenvalue weighted by Crippen LogP contribution is -2.19. The van der Waals surface area contributed by atoms with Gasteiger partial charge in [-0.25, -0.2) is 0 Å². The average molecular weight is 335 g/mol. The second kappa shape index (κ2) is 6.85. The van der Waals surface area contributed by atoms with E-state index in [1.165, 1.54) is 10.4 Å². The molecule has 0 spiro atoms. The van der Waals surface area contributed by atoms with E-state index in [0.717, 1.165) is 22.3 Å². The summed E-state index contributed by atoms with van der Waals surface area (Å²) in [6, 6.07) is 14.8. The van der Waals surface area contributed by atoms with Crippen LogP contribution in [-0.2, 0) is 6.54 Å². The predicted octanol–water partition coefficient (Wildman–Crippen LogP) is 4.62. The van der Waals surface area contributed by atoms with Crippen molar-refractivity contribution in [3.8, 4) is 6.07 Å². The summed E-state index contributed by atoms with van der Waals surface area (Å²) in [5.41, 5.74) is 1.29. The van der Waals surface area contributed by atoms with Gasteiger partial charge in [0.2, 0.25) is 0 Å². The SMILES string of the molecule is CCC(NCc1ccc(C#N)s1)c1ccc(Br)cc1. The molecule has 1 aromatic carbocycles. The van der Waals surface area contributed by atoms with Gasteiger partial charge in [-0.05, 0) is 36.2 Å². The summed E-state index contributed by atoms with van der Waals surface area (Å²) >= 11 is 5.01.